The van der Waals surface area contributed by atoms with Crippen molar-refractivity contribution in [2.45, 2.75) is 0 Å². The third-order valence-electron chi connectivity index (χ3n) is 5.29. The maximum absolute atomic E-state index is 6.39. The van der Waals surface area contributed by atoms with Crippen molar-refractivity contribution in [3.8, 4) is 33.9 Å². The number of aromatic nitrogens is 1. The van der Waals surface area contributed by atoms with Crippen molar-refractivity contribution in [3.05, 3.63) is 91.1 Å². The zero-order chi connectivity index (χ0) is 17.8. The van der Waals surface area contributed by atoms with Crippen molar-refractivity contribution in [1.29, 1.82) is 0 Å². The molecular formula is C25H15NO. The van der Waals surface area contributed by atoms with Gasteiger partial charge in [-0.15, -0.1) is 0 Å². The maximum atomic E-state index is 6.39. The average Bonchev–Trinajstić information content (AvgIpc) is 2.74. The second-order valence-corrected chi connectivity index (χ2v) is 6.87. The van der Waals surface area contributed by atoms with Crippen LogP contribution in [0.2, 0.25) is 0 Å². The van der Waals surface area contributed by atoms with Crippen molar-refractivity contribution in [1.82, 2.24) is 4.98 Å². The standard InChI is InChI=1S/C25H15NO/c1-2-6-16(7-3-1)18-12-13-19-15-26-24-20-10-4-8-17-9-5-11-22(23(17)20)27-25(24)21(19)14-18/h1-15H. The van der Waals surface area contributed by atoms with E-state index in [9.17, 15) is 0 Å². The number of fused-ring (bicyclic) bond motifs is 4. The number of ether oxygens (including phenoxy) is 1. The maximum Gasteiger partial charge on any atom is 0.161 e. The van der Waals surface area contributed by atoms with Gasteiger partial charge in [0.1, 0.15) is 11.4 Å². The fourth-order valence-corrected chi connectivity index (χ4v) is 3.99. The highest BCUT2D eigenvalue weighted by Crippen LogP contribution is 2.48. The van der Waals surface area contributed by atoms with Gasteiger partial charge in [0.05, 0.1) is 0 Å². The second kappa shape index (κ2) is 5.42. The molecule has 6 rings (SSSR count). The number of pyridine rings is 1. The highest BCUT2D eigenvalue weighted by molar-refractivity contribution is 6.07. The third-order valence-corrected chi connectivity index (χ3v) is 5.29. The van der Waals surface area contributed by atoms with Crippen molar-refractivity contribution >= 4 is 21.5 Å². The molecule has 126 valence electrons. The molecule has 0 saturated carbocycles. The SMILES string of the molecule is c1ccc(-c2ccc3cnc4c(c3c2)Oc2cccc3cccc-4c23)cc1. The Morgan fingerprint density at radius 2 is 1.52 bits per heavy atom. The smallest absolute Gasteiger partial charge is 0.161 e. The average molecular weight is 345 g/mol. The highest BCUT2D eigenvalue weighted by Gasteiger charge is 2.23. The van der Waals surface area contributed by atoms with Gasteiger partial charge < -0.3 is 4.74 Å². The van der Waals surface area contributed by atoms with E-state index in [0.29, 0.717) is 0 Å². The van der Waals surface area contributed by atoms with Gasteiger partial charge in [-0.05, 0) is 28.6 Å². The molecule has 27 heavy (non-hydrogen) atoms. The molecule has 0 spiro atoms. The van der Waals surface area contributed by atoms with Gasteiger partial charge in [-0.3, -0.25) is 4.98 Å². The lowest BCUT2D eigenvalue weighted by molar-refractivity contribution is 0.490. The van der Waals surface area contributed by atoms with Crippen LogP contribution >= 0.6 is 0 Å². The minimum Gasteiger partial charge on any atom is -0.454 e. The molecule has 0 unspecified atom stereocenters. The van der Waals surface area contributed by atoms with Gasteiger partial charge in [-0.2, -0.15) is 0 Å². The largest absolute Gasteiger partial charge is 0.454 e. The van der Waals surface area contributed by atoms with Crippen LogP contribution in [0, 0.1) is 0 Å². The zero-order valence-corrected chi connectivity index (χ0v) is 14.5. The summed E-state index contributed by atoms with van der Waals surface area (Å²) in [5.74, 6) is 1.74. The van der Waals surface area contributed by atoms with E-state index in [-0.39, 0.29) is 0 Å². The molecule has 1 aliphatic rings. The first-order valence-electron chi connectivity index (χ1n) is 9.07. The number of hydrogen-bond donors (Lipinski definition) is 0. The van der Waals surface area contributed by atoms with Crippen LogP contribution in [-0.2, 0) is 0 Å². The molecule has 0 atom stereocenters. The quantitative estimate of drug-likeness (QED) is 0.326. The summed E-state index contributed by atoms with van der Waals surface area (Å²) in [5, 5.41) is 4.49. The van der Waals surface area contributed by atoms with Gasteiger partial charge in [0.15, 0.2) is 5.75 Å². The Bertz CT molecular complexity index is 1330. The summed E-state index contributed by atoms with van der Waals surface area (Å²) in [6.07, 6.45) is 1.94. The van der Waals surface area contributed by atoms with E-state index in [1.165, 1.54) is 16.5 Å². The summed E-state index contributed by atoms with van der Waals surface area (Å²) in [6, 6.07) is 29.4. The normalized spacial score (nSPS) is 12.0. The summed E-state index contributed by atoms with van der Waals surface area (Å²) in [6.45, 7) is 0. The van der Waals surface area contributed by atoms with Crippen LogP contribution in [0.3, 0.4) is 0 Å². The van der Waals surface area contributed by atoms with Crippen LogP contribution in [0.15, 0.2) is 91.1 Å². The Morgan fingerprint density at radius 1 is 0.667 bits per heavy atom. The molecule has 0 amide bonds. The highest BCUT2D eigenvalue weighted by atomic mass is 16.5. The first kappa shape index (κ1) is 14.5. The van der Waals surface area contributed by atoms with E-state index >= 15 is 0 Å². The van der Waals surface area contributed by atoms with E-state index in [1.54, 1.807) is 0 Å². The Morgan fingerprint density at radius 3 is 2.41 bits per heavy atom. The van der Waals surface area contributed by atoms with Gasteiger partial charge in [0.25, 0.3) is 0 Å². The fourth-order valence-electron chi connectivity index (χ4n) is 3.99. The van der Waals surface area contributed by atoms with Crippen molar-refractivity contribution in [2.24, 2.45) is 0 Å². The predicted octanol–water partition coefficient (Wildman–Crippen LogP) is 6.83. The summed E-state index contributed by atoms with van der Waals surface area (Å²) in [5.41, 5.74) is 4.42. The summed E-state index contributed by atoms with van der Waals surface area (Å²) in [7, 11) is 0. The molecule has 5 aromatic rings. The van der Waals surface area contributed by atoms with E-state index in [2.05, 4.69) is 66.7 Å². The molecule has 2 heterocycles. The van der Waals surface area contributed by atoms with E-state index < -0.39 is 0 Å². The Balaban J connectivity index is 1.67. The van der Waals surface area contributed by atoms with Gasteiger partial charge in [-0.25, -0.2) is 0 Å². The lowest BCUT2D eigenvalue weighted by Crippen LogP contribution is -2.00. The molecule has 0 aliphatic carbocycles. The summed E-state index contributed by atoms with van der Waals surface area (Å²) >= 11 is 0. The molecule has 0 fully saturated rings. The zero-order valence-electron chi connectivity index (χ0n) is 14.5. The van der Waals surface area contributed by atoms with E-state index in [1.807, 2.05) is 24.4 Å². The molecule has 0 bridgehead atoms. The van der Waals surface area contributed by atoms with Crippen LogP contribution in [0.25, 0.3) is 43.9 Å². The Labute approximate surface area is 156 Å². The van der Waals surface area contributed by atoms with Crippen LogP contribution in [-0.4, -0.2) is 4.98 Å². The molecule has 2 nitrogen and oxygen atoms in total. The van der Waals surface area contributed by atoms with E-state index in [0.717, 1.165) is 38.9 Å². The molecule has 1 aliphatic heterocycles. The first-order chi connectivity index (χ1) is 13.4. The van der Waals surface area contributed by atoms with E-state index in [4.69, 9.17) is 9.72 Å². The second-order valence-electron chi connectivity index (χ2n) is 6.87. The molecule has 2 heteroatoms. The number of hydrogen-bond acceptors (Lipinski definition) is 2. The number of nitrogens with zero attached hydrogens (tertiary/aromatic N) is 1. The fraction of sp³-hybridized carbons (Fsp3) is 0. The van der Waals surface area contributed by atoms with Crippen LogP contribution < -0.4 is 4.74 Å². The Kier molecular flexibility index (Phi) is 2.91. The Hall–Kier alpha value is -3.65. The third kappa shape index (κ3) is 2.10. The van der Waals surface area contributed by atoms with Crippen molar-refractivity contribution in [3.63, 3.8) is 0 Å². The molecule has 1 aromatic heterocycles. The molecule has 0 N–H and O–H groups in total. The summed E-state index contributed by atoms with van der Waals surface area (Å²) < 4.78 is 6.39. The number of rotatable bonds is 1. The molecular weight excluding hydrogens is 330 g/mol. The van der Waals surface area contributed by atoms with Crippen LogP contribution in [0.4, 0.5) is 0 Å². The van der Waals surface area contributed by atoms with Gasteiger partial charge in [-0.1, -0.05) is 72.8 Å². The van der Waals surface area contributed by atoms with Crippen molar-refractivity contribution in [2.75, 3.05) is 0 Å². The van der Waals surface area contributed by atoms with Gasteiger partial charge >= 0.3 is 0 Å². The minimum absolute atomic E-state index is 0.844. The summed E-state index contributed by atoms with van der Waals surface area (Å²) in [4.78, 5) is 4.75. The predicted molar refractivity (Wildman–Crippen MR) is 110 cm³/mol. The lowest BCUT2D eigenvalue weighted by atomic mass is 9.95. The van der Waals surface area contributed by atoms with Crippen LogP contribution in [0.5, 0.6) is 11.5 Å². The first-order valence-corrected chi connectivity index (χ1v) is 9.07. The molecule has 0 saturated heterocycles. The van der Waals surface area contributed by atoms with Gasteiger partial charge in [0.2, 0.25) is 0 Å². The molecule has 4 aromatic carbocycles. The molecule has 0 radical (unpaired) electrons. The number of benzene rings is 4. The topological polar surface area (TPSA) is 22.1 Å². The monoisotopic (exact) mass is 345 g/mol. The van der Waals surface area contributed by atoms with Gasteiger partial charge in [0, 0.05) is 27.9 Å². The minimum atomic E-state index is 0.844. The van der Waals surface area contributed by atoms with Crippen molar-refractivity contribution < 1.29 is 4.74 Å². The van der Waals surface area contributed by atoms with Crippen LogP contribution in [0.1, 0.15) is 0 Å². The lowest BCUT2D eigenvalue weighted by Gasteiger charge is -2.22.